The normalized spacial score (nSPS) is 26.0. The third-order valence-electron chi connectivity index (χ3n) is 4.58. The summed E-state index contributed by atoms with van der Waals surface area (Å²) in [6.45, 7) is 1.96. The number of carbonyl (C=O) groups is 2. The van der Waals surface area contributed by atoms with E-state index in [2.05, 4.69) is 5.32 Å². The summed E-state index contributed by atoms with van der Waals surface area (Å²) in [7, 11) is -3.17. The molecule has 1 spiro atoms. The first-order valence-corrected chi connectivity index (χ1v) is 9.66. The van der Waals surface area contributed by atoms with E-state index in [0.29, 0.717) is 19.3 Å². The average Bonchev–Trinajstić information content (AvgIpc) is 2.43. The molecule has 2 amide bonds. The zero-order valence-corrected chi connectivity index (χ0v) is 13.5. The van der Waals surface area contributed by atoms with E-state index < -0.39 is 21.4 Å². The fraction of sp³-hybridized carbons (Fsp3) is 0.857. The average molecular weight is 316 g/mol. The van der Waals surface area contributed by atoms with Gasteiger partial charge < -0.3 is 10.2 Å². The Bertz CT molecular complexity index is 523. The van der Waals surface area contributed by atoms with Crippen LogP contribution in [0.25, 0.3) is 0 Å². The molecule has 1 saturated carbocycles. The Morgan fingerprint density at radius 2 is 1.86 bits per heavy atom. The van der Waals surface area contributed by atoms with Crippen LogP contribution in [0.3, 0.4) is 0 Å². The predicted molar refractivity (Wildman–Crippen MR) is 79.5 cm³/mol. The minimum Gasteiger partial charge on any atom is -0.342 e. The summed E-state index contributed by atoms with van der Waals surface area (Å²) in [5.41, 5.74) is -0.828. The van der Waals surface area contributed by atoms with E-state index in [1.165, 1.54) is 0 Å². The molecule has 120 valence electrons. The largest absolute Gasteiger partial charge is 0.342 e. The first-order valence-electron chi connectivity index (χ1n) is 7.60. The second kappa shape index (κ2) is 5.94. The van der Waals surface area contributed by atoms with Crippen molar-refractivity contribution in [1.29, 1.82) is 0 Å². The highest BCUT2D eigenvalue weighted by Crippen LogP contribution is 2.36. The van der Waals surface area contributed by atoms with Crippen LogP contribution in [0.2, 0.25) is 0 Å². The highest BCUT2D eigenvalue weighted by atomic mass is 32.2. The van der Waals surface area contributed by atoms with Crippen molar-refractivity contribution in [2.45, 2.75) is 57.0 Å². The van der Waals surface area contributed by atoms with Crippen molar-refractivity contribution in [2.24, 2.45) is 0 Å². The van der Waals surface area contributed by atoms with Gasteiger partial charge in [0.15, 0.2) is 0 Å². The number of nitrogens with zero attached hydrogens (tertiary/aromatic N) is 1. The predicted octanol–water partition coefficient (Wildman–Crippen LogP) is 0.471. The van der Waals surface area contributed by atoms with Crippen LogP contribution in [0, 0.1) is 0 Å². The van der Waals surface area contributed by atoms with Gasteiger partial charge in [0.2, 0.25) is 11.8 Å². The van der Waals surface area contributed by atoms with Gasteiger partial charge in [-0.15, -0.1) is 0 Å². The van der Waals surface area contributed by atoms with Gasteiger partial charge in [0.25, 0.3) is 0 Å². The molecule has 2 rings (SSSR count). The first-order chi connectivity index (χ1) is 9.80. The topological polar surface area (TPSA) is 83.6 Å². The lowest BCUT2D eigenvalue weighted by molar-refractivity contribution is -0.159. The quantitative estimate of drug-likeness (QED) is 0.817. The Labute approximate surface area is 126 Å². The monoisotopic (exact) mass is 316 g/mol. The van der Waals surface area contributed by atoms with Crippen LogP contribution in [-0.4, -0.2) is 55.3 Å². The second-order valence-corrected chi connectivity index (χ2v) is 8.41. The summed E-state index contributed by atoms with van der Waals surface area (Å²) in [6, 6.07) is -0.524. The highest BCUT2D eigenvalue weighted by Gasteiger charge is 2.52. The molecule has 0 aromatic rings. The molecule has 1 unspecified atom stereocenters. The van der Waals surface area contributed by atoms with Crippen molar-refractivity contribution in [2.75, 3.05) is 18.6 Å². The van der Waals surface area contributed by atoms with E-state index >= 15 is 0 Å². The minimum atomic E-state index is -3.17. The van der Waals surface area contributed by atoms with Crippen molar-refractivity contribution in [3.8, 4) is 0 Å². The van der Waals surface area contributed by atoms with Crippen molar-refractivity contribution in [1.82, 2.24) is 10.2 Å². The number of carbonyl (C=O) groups excluding carboxylic acids is 2. The van der Waals surface area contributed by atoms with Crippen molar-refractivity contribution in [3.05, 3.63) is 0 Å². The second-order valence-electron chi connectivity index (χ2n) is 6.15. The molecule has 1 aliphatic carbocycles. The molecule has 1 N–H and O–H groups in total. The van der Waals surface area contributed by atoms with Gasteiger partial charge >= 0.3 is 0 Å². The van der Waals surface area contributed by atoms with Gasteiger partial charge in [-0.2, -0.15) is 0 Å². The molecule has 1 aliphatic heterocycles. The van der Waals surface area contributed by atoms with Crippen LogP contribution in [0.4, 0.5) is 0 Å². The van der Waals surface area contributed by atoms with Gasteiger partial charge in [-0.3, -0.25) is 9.59 Å². The Balaban J connectivity index is 2.30. The molecule has 2 fully saturated rings. The van der Waals surface area contributed by atoms with Crippen LogP contribution in [0.15, 0.2) is 0 Å². The summed E-state index contributed by atoms with van der Waals surface area (Å²) in [4.78, 5) is 26.7. The molecule has 6 nitrogen and oxygen atoms in total. The summed E-state index contributed by atoms with van der Waals surface area (Å²) in [5.74, 6) is -0.339. The molecule has 1 saturated heterocycles. The van der Waals surface area contributed by atoms with E-state index in [4.69, 9.17) is 0 Å². The van der Waals surface area contributed by atoms with Crippen LogP contribution >= 0.6 is 0 Å². The molecule has 0 bridgehead atoms. The molecule has 0 radical (unpaired) electrons. The van der Waals surface area contributed by atoms with Gasteiger partial charge in [-0.25, -0.2) is 8.42 Å². The third-order valence-corrected chi connectivity index (χ3v) is 5.51. The number of hydrogen-bond acceptors (Lipinski definition) is 4. The number of rotatable bonds is 4. The number of piperazine rings is 1. The van der Waals surface area contributed by atoms with Crippen molar-refractivity contribution < 1.29 is 18.0 Å². The summed E-state index contributed by atoms with van der Waals surface area (Å²) < 4.78 is 22.9. The van der Waals surface area contributed by atoms with Gasteiger partial charge in [0, 0.05) is 12.8 Å². The maximum Gasteiger partial charge on any atom is 0.246 e. The smallest absolute Gasteiger partial charge is 0.246 e. The molecular formula is C14H24N2O4S. The van der Waals surface area contributed by atoms with Crippen molar-refractivity contribution >= 4 is 21.7 Å². The highest BCUT2D eigenvalue weighted by molar-refractivity contribution is 7.90. The Kier molecular flexibility index (Phi) is 4.60. The van der Waals surface area contributed by atoms with E-state index in [0.717, 1.165) is 25.5 Å². The molecule has 0 aromatic carbocycles. The number of hydrogen-bond donors (Lipinski definition) is 1. The number of amides is 2. The lowest BCUT2D eigenvalue weighted by Gasteiger charge is -2.50. The fourth-order valence-electron chi connectivity index (χ4n) is 3.37. The maximum absolute atomic E-state index is 12.6. The standard InChI is InChI=1S/C14H24N2O4S/c1-3-11-12(17)16(9-10-21(2,19)20)14(13(18)15-11)7-5-4-6-8-14/h11H,3-10H2,1-2H3,(H,15,18). The molecule has 0 aromatic heterocycles. The molecule has 1 atom stereocenters. The summed E-state index contributed by atoms with van der Waals surface area (Å²) in [5, 5.41) is 2.82. The lowest BCUT2D eigenvalue weighted by atomic mass is 9.77. The third kappa shape index (κ3) is 3.22. The minimum absolute atomic E-state index is 0.0931. The molecular weight excluding hydrogens is 292 g/mol. The van der Waals surface area contributed by atoms with Gasteiger partial charge in [-0.05, 0) is 19.3 Å². The fourth-order valence-corrected chi connectivity index (χ4v) is 3.88. The van der Waals surface area contributed by atoms with Crippen molar-refractivity contribution in [3.63, 3.8) is 0 Å². The Hall–Kier alpha value is -1.11. The van der Waals surface area contributed by atoms with E-state index in [-0.39, 0.29) is 24.1 Å². The van der Waals surface area contributed by atoms with Crippen LogP contribution in [-0.2, 0) is 19.4 Å². The van der Waals surface area contributed by atoms with E-state index in [1.807, 2.05) is 6.92 Å². The first kappa shape index (κ1) is 16.3. The molecule has 1 heterocycles. The lowest BCUT2D eigenvalue weighted by Crippen LogP contribution is -2.71. The van der Waals surface area contributed by atoms with Crippen LogP contribution < -0.4 is 5.32 Å². The molecule has 21 heavy (non-hydrogen) atoms. The van der Waals surface area contributed by atoms with Gasteiger partial charge in [0.1, 0.15) is 21.4 Å². The molecule has 2 aliphatic rings. The Morgan fingerprint density at radius 1 is 1.24 bits per heavy atom. The SMILES string of the molecule is CCC1NC(=O)C2(CCCCC2)N(CCS(C)(=O)=O)C1=O. The van der Waals surface area contributed by atoms with Gasteiger partial charge in [0.05, 0.1) is 5.75 Å². The number of nitrogens with one attached hydrogen (secondary N) is 1. The Morgan fingerprint density at radius 3 is 2.38 bits per heavy atom. The zero-order valence-electron chi connectivity index (χ0n) is 12.7. The van der Waals surface area contributed by atoms with Crippen LogP contribution in [0.5, 0.6) is 0 Å². The maximum atomic E-state index is 12.6. The van der Waals surface area contributed by atoms with E-state index in [1.54, 1.807) is 4.90 Å². The van der Waals surface area contributed by atoms with Gasteiger partial charge in [-0.1, -0.05) is 26.2 Å². The number of sulfone groups is 1. The van der Waals surface area contributed by atoms with E-state index in [9.17, 15) is 18.0 Å². The van der Waals surface area contributed by atoms with Crippen LogP contribution in [0.1, 0.15) is 45.4 Å². The summed E-state index contributed by atoms with van der Waals surface area (Å²) in [6.07, 6.45) is 5.79. The summed E-state index contributed by atoms with van der Waals surface area (Å²) >= 11 is 0. The molecule has 7 heteroatoms. The zero-order chi connectivity index (χ0) is 15.7.